The zero-order valence-corrected chi connectivity index (χ0v) is 24.4. The van der Waals surface area contributed by atoms with Crippen LogP contribution in [-0.4, -0.2) is 79.8 Å². The number of anilines is 2. The second kappa shape index (κ2) is 13.8. The zero-order valence-electron chi connectivity index (χ0n) is 23.6. The van der Waals surface area contributed by atoms with Gasteiger partial charge in [-0.1, -0.05) is 23.9 Å². The van der Waals surface area contributed by atoms with Gasteiger partial charge in [0.15, 0.2) is 0 Å². The average molecular weight is 601 g/mol. The van der Waals surface area contributed by atoms with Gasteiger partial charge in [0.1, 0.15) is 19.0 Å². The quantitative estimate of drug-likeness (QED) is 0.250. The zero-order chi connectivity index (χ0) is 29.5. The summed E-state index contributed by atoms with van der Waals surface area (Å²) in [5, 5.41) is 0. The van der Waals surface area contributed by atoms with Crippen LogP contribution in [0.3, 0.4) is 0 Å². The van der Waals surface area contributed by atoms with E-state index in [4.69, 9.17) is 9.47 Å². The summed E-state index contributed by atoms with van der Waals surface area (Å²) in [5.41, 5.74) is 0.943. The normalized spacial score (nSPS) is 16.4. The number of nitrogens with zero attached hydrogens (tertiary/aromatic N) is 4. The van der Waals surface area contributed by atoms with Gasteiger partial charge < -0.3 is 19.3 Å². The molecule has 1 unspecified atom stereocenters. The molecule has 0 aliphatic carbocycles. The molecule has 0 saturated carbocycles. The minimum atomic E-state index is -4.38. The molecule has 0 N–H and O–H groups in total. The van der Waals surface area contributed by atoms with Crippen LogP contribution in [0.25, 0.3) is 0 Å². The summed E-state index contributed by atoms with van der Waals surface area (Å²) in [4.78, 5) is 24.9. The summed E-state index contributed by atoms with van der Waals surface area (Å²) in [6, 6.07) is 15.4. The number of para-hydroxylation sites is 1. The molecule has 3 aromatic rings. The summed E-state index contributed by atoms with van der Waals surface area (Å²) in [7, 11) is 0. The van der Waals surface area contributed by atoms with Gasteiger partial charge in [-0.15, -0.1) is 0 Å². The number of fused-ring (bicyclic) bond motifs is 2. The van der Waals surface area contributed by atoms with Crippen LogP contribution < -0.4 is 9.64 Å². The highest BCUT2D eigenvalue weighted by molar-refractivity contribution is 7.99. The lowest BCUT2D eigenvalue weighted by Gasteiger charge is -2.36. The molecule has 1 aromatic heterocycles. The van der Waals surface area contributed by atoms with Gasteiger partial charge in [-0.05, 0) is 62.4 Å². The molecule has 11 heteroatoms. The number of hydrogen-bond donors (Lipinski definition) is 0. The van der Waals surface area contributed by atoms with E-state index in [0.29, 0.717) is 31.1 Å². The third-order valence-electron chi connectivity index (χ3n) is 7.48. The molecule has 1 fully saturated rings. The van der Waals surface area contributed by atoms with Crippen molar-refractivity contribution in [2.24, 2.45) is 5.92 Å². The average Bonchev–Trinajstić information content (AvgIpc) is 3.00. The Balaban J connectivity index is 1.05. The van der Waals surface area contributed by atoms with Crippen LogP contribution in [0.5, 0.6) is 5.75 Å². The number of carbonyl (C=O) groups excluding carboxylic acids is 1. The highest BCUT2D eigenvalue weighted by Crippen LogP contribution is 2.49. The topological polar surface area (TPSA) is 58.1 Å². The monoisotopic (exact) mass is 600 g/mol. The maximum Gasteiger partial charge on any atom is 0.416 e. The van der Waals surface area contributed by atoms with Gasteiger partial charge in [0.25, 0.3) is 0 Å². The first-order valence-electron chi connectivity index (χ1n) is 14.2. The fourth-order valence-electron chi connectivity index (χ4n) is 5.08. The van der Waals surface area contributed by atoms with E-state index in [1.165, 1.54) is 17.8 Å². The molecule has 2 aliphatic rings. The molecular weight excluding hydrogens is 565 g/mol. The Hall–Kier alpha value is -3.28. The fraction of sp³-hybridized carbons (Fsp3) is 0.419. The van der Waals surface area contributed by atoms with Crippen LogP contribution in [0, 0.1) is 5.92 Å². The number of carbonyl (C=O) groups is 1. The van der Waals surface area contributed by atoms with Gasteiger partial charge in [-0.2, -0.15) is 13.2 Å². The van der Waals surface area contributed by atoms with Crippen LogP contribution in [0.15, 0.2) is 76.8 Å². The van der Waals surface area contributed by atoms with Crippen LogP contribution in [0.2, 0.25) is 0 Å². The number of aromatic nitrogens is 1. The number of alkyl halides is 3. The van der Waals surface area contributed by atoms with Gasteiger partial charge in [-0.3, -0.25) is 14.7 Å². The maximum absolute atomic E-state index is 13.5. The molecule has 0 bridgehead atoms. The first-order valence-corrected chi connectivity index (χ1v) is 15.0. The molecule has 224 valence electrons. The van der Waals surface area contributed by atoms with Crippen LogP contribution >= 0.6 is 11.8 Å². The number of piperazine rings is 1. The van der Waals surface area contributed by atoms with E-state index in [0.717, 1.165) is 60.7 Å². The first-order chi connectivity index (χ1) is 20.3. The third-order valence-corrected chi connectivity index (χ3v) is 8.61. The molecule has 5 rings (SSSR count). The Bertz CT molecular complexity index is 1340. The first kappa shape index (κ1) is 30.2. The minimum Gasteiger partial charge on any atom is -0.493 e. The molecule has 2 aromatic carbocycles. The van der Waals surface area contributed by atoms with E-state index in [9.17, 15) is 18.0 Å². The van der Waals surface area contributed by atoms with Gasteiger partial charge in [-0.25, -0.2) is 0 Å². The Kier molecular flexibility index (Phi) is 9.91. The van der Waals surface area contributed by atoms with E-state index in [-0.39, 0.29) is 18.5 Å². The highest BCUT2D eigenvalue weighted by atomic mass is 32.2. The van der Waals surface area contributed by atoms with Crippen molar-refractivity contribution in [2.45, 2.75) is 29.3 Å². The lowest BCUT2D eigenvalue weighted by atomic mass is 10.1. The standard InChI is InChI=1S/C31H35F3N4O3S/c1-23(22-41-25-9-11-35-12-10-25)30(39)40-20-19-37-17-15-36(16-18-37)13-4-14-38-26-5-2-3-6-28(26)42-29-8-7-24(21-27(29)38)31(32,33)34/h2-3,5-12,21,23H,4,13-20,22H2,1H3. The lowest BCUT2D eigenvalue weighted by molar-refractivity contribution is -0.149. The third kappa shape index (κ3) is 7.76. The summed E-state index contributed by atoms with van der Waals surface area (Å²) in [5.74, 6) is 0.0273. The van der Waals surface area contributed by atoms with E-state index in [2.05, 4.69) is 14.8 Å². The van der Waals surface area contributed by atoms with Gasteiger partial charge in [0, 0.05) is 61.5 Å². The molecule has 0 radical (unpaired) electrons. The van der Waals surface area contributed by atoms with Crippen LogP contribution in [0.1, 0.15) is 18.9 Å². The Morgan fingerprint density at radius 2 is 1.62 bits per heavy atom. The molecule has 1 saturated heterocycles. The number of benzene rings is 2. The van der Waals surface area contributed by atoms with Gasteiger partial charge in [0.05, 0.1) is 22.9 Å². The van der Waals surface area contributed by atoms with Crippen molar-refractivity contribution in [1.29, 1.82) is 0 Å². The summed E-state index contributed by atoms with van der Waals surface area (Å²) in [6.45, 7) is 8.08. The maximum atomic E-state index is 13.5. The lowest BCUT2D eigenvalue weighted by Crippen LogP contribution is -2.47. The van der Waals surface area contributed by atoms with Crippen molar-refractivity contribution in [3.63, 3.8) is 0 Å². The summed E-state index contributed by atoms with van der Waals surface area (Å²) >= 11 is 1.51. The molecule has 1 atom stereocenters. The van der Waals surface area contributed by atoms with Crippen molar-refractivity contribution in [3.05, 3.63) is 72.6 Å². The number of rotatable bonds is 11. The molecule has 2 aliphatic heterocycles. The SMILES string of the molecule is CC(COc1ccncc1)C(=O)OCCN1CCN(CCCN2c3ccccc3Sc3ccc(C(F)(F)F)cc32)CC1. The van der Waals surface area contributed by atoms with Crippen molar-refractivity contribution < 1.29 is 27.4 Å². The van der Waals surface area contributed by atoms with Gasteiger partial charge >= 0.3 is 12.1 Å². The molecule has 42 heavy (non-hydrogen) atoms. The van der Waals surface area contributed by atoms with Crippen LogP contribution in [-0.2, 0) is 15.7 Å². The second-order valence-electron chi connectivity index (χ2n) is 10.5. The minimum absolute atomic E-state index is 0.248. The molecule has 0 amide bonds. The number of ether oxygens (including phenoxy) is 2. The van der Waals surface area contributed by atoms with Gasteiger partial charge in [0.2, 0.25) is 0 Å². The van der Waals surface area contributed by atoms with E-state index >= 15 is 0 Å². The number of halogens is 3. The Morgan fingerprint density at radius 1 is 0.929 bits per heavy atom. The van der Waals surface area contributed by atoms with E-state index in [1.807, 2.05) is 29.2 Å². The largest absolute Gasteiger partial charge is 0.493 e. The Labute approximate surface area is 248 Å². The number of pyridine rings is 1. The van der Waals surface area contributed by atoms with Crippen molar-refractivity contribution in [3.8, 4) is 5.75 Å². The van der Waals surface area contributed by atoms with E-state index in [1.54, 1.807) is 37.5 Å². The smallest absolute Gasteiger partial charge is 0.416 e. The molecule has 7 nitrogen and oxygen atoms in total. The molecule has 3 heterocycles. The number of hydrogen-bond acceptors (Lipinski definition) is 8. The van der Waals surface area contributed by atoms with E-state index < -0.39 is 11.7 Å². The second-order valence-corrected chi connectivity index (χ2v) is 11.6. The molecule has 0 spiro atoms. The van der Waals surface area contributed by atoms with Crippen molar-refractivity contribution in [2.75, 3.05) is 63.9 Å². The predicted molar refractivity (Wildman–Crippen MR) is 156 cm³/mol. The molecular formula is C31H35F3N4O3S. The predicted octanol–water partition coefficient (Wildman–Crippen LogP) is 5.97. The Morgan fingerprint density at radius 3 is 2.36 bits per heavy atom. The van der Waals surface area contributed by atoms with Crippen molar-refractivity contribution in [1.82, 2.24) is 14.8 Å². The van der Waals surface area contributed by atoms with Crippen molar-refractivity contribution >= 4 is 29.1 Å². The summed E-state index contributed by atoms with van der Waals surface area (Å²) < 4.78 is 51.5. The highest BCUT2D eigenvalue weighted by Gasteiger charge is 2.33. The number of esters is 1. The fourth-order valence-corrected chi connectivity index (χ4v) is 6.15. The summed E-state index contributed by atoms with van der Waals surface area (Å²) in [6.07, 6.45) is -0.278. The van der Waals surface area contributed by atoms with Crippen LogP contribution in [0.4, 0.5) is 24.5 Å².